The zero-order chi connectivity index (χ0) is 34.9. The number of aryl methyl sites for hydroxylation is 2. The second-order valence-corrected chi connectivity index (χ2v) is 15.4. The lowest BCUT2D eigenvalue weighted by Gasteiger charge is -2.23. The largest absolute Gasteiger partial charge is 0.294 e. The molecule has 0 radical (unpaired) electrons. The summed E-state index contributed by atoms with van der Waals surface area (Å²) in [6, 6.07) is 35.8. The fourth-order valence-electron chi connectivity index (χ4n) is 7.54. The van der Waals surface area contributed by atoms with E-state index in [1.807, 2.05) is 0 Å². The van der Waals surface area contributed by atoms with E-state index in [1.54, 1.807) is 0 Å². The molecule has 0 aliphatic rings. The van der Waals surface area contributed by atoms with E-state index in [1.165, 1.54) is 66.0 Å². The lowest BCUT2D eigenvalue weighted by Crippen LogP contribution is -2.15. The maximum Gasteiger partial charge on any atom is 0.145 e. The molecule has 4 heterocycles. The molecule has 4 aromatic heterocycles. The van der Waals surface area contributed by atoms with E-state index < -0.39 is 0 Å². The Labute approximate surface area is 295 Å². The predicted octanol–water partition coefficient (Wildman–Crippen LogP) is 12.3. The van der Waals surface area contributed by atoms with E-state index in [0.29, 0.717) is 0 Å². The normalized spacial score (nSPS) is 12.6. The summed E-state index contributed by atoms with van der Waals surface area (Å²) >= 11 is 0. The van der Waals surface area contributed by atoms with Gasteiger partial charge in [0.05, 0.1) is 11.0 Å². The van der Waals surface area contributed by atoms with Crippen LogP contribution < -0.4 is 0 Å². The SMILES string of the molecule is CCC(C)(C)c1cnc2c(c1)c1ccccc1n2-c1ccc(-c2ccc(-n3c4ccccc4c4cc(C(C)(C)CC)cnc43)cc2C)c(C)c1. The van der Waals surface area contributed by atoms with Crippen molar-refractivity contribution in [3.05, 3.63) is 132 Å². The molecular formula is C46H46N4. The molecule has 0 unspecified atom stereocenters. The Morgan fingerprint density at radius 2 is 0.900 bits per heavy atom. The van der Waals surface area contributed by atoms with Gasteiger partial charge in [0.25, 0.3) is 0 Å². The van der Waals surface area contributed by atoms with E-state index in [0.717, 1.165) is 35.5 Å². The highest BCUT2D eigenvalue weighted by Crippen LogP contribution is 2.38. The highest BCUT2D eigenvalue weighted by atomic mass is 15.1. The van der Waals surface area contributed by atoms with Crippen LogP contribution in [0.3, 0.4) is 0 Å². The molecule has 0 bridgehead atoms. The van der Waals surface area contributed by atoms with Crippen molar-refractivity contribution in [1.82, 2.24) is 19.1 Å². The molecule has 0 aliphatic carbocycles. The third kappa shape index (κ3) is 4.95. The van der Waals surface area contributed by atoms with Gasteiger partial charge in [-0.15, -0.1) is 0 Å². The molecule has 0 saturated heterocycles. The molecule has 0 aliphatic heterocycles. The van der Waals surface area contributed by atoms with Crippen LogP contribution in [0.25, 0.3) is 66.4 Å². The van der Waals surface area contributed by atoms with Crippen LogP contribution in [0.1, 0.15) is 76.6 Å². The number of hydrogen-bond donors (Lipinski definition) is 0. The molecule has 0 amide bonds. The van der Waals surface area contributed by atoms with Crippen LogP contribution in [-0.2, 0) is 10.8 Å². The fraction of sp³-hybridized carbons (Fsp3) is 0.261. The Kier molecular flexibility index (Phi) is 7.49. The molecule has 0 atom stereocenters. The van der Waals surface area contributed by atoms with Gasteiger partial charge in [-0.25, -0.2) is 9.97 Å². The van der Waals surface area contributed by atoms with E-state index in [9.17, 15) is 0 Å². The Bertz CT molecular complexity index is 2410. The van der Waals surface area contributed by atoms with Gasteiger partial charge in [0.2, 0.25) is 0 Å². The van der Waals surface area contributed by atoms with Crippen molar-refractivity contribution in [3.8, 4) is 22.5 Å². The Morgan fingerprint density at radius 1 is 0.500 bits per heavy atom. The minimum absolute atomic E-state index is 0.0729. The monoisotopic (exact) mass is 654 g/mol. The maximum atomic E-state index is 5.09. The molecule has 8 rings (SSSR count). The molecule has 0 spiro atoms. The molecule has 8 aromatic rings. The molecule has 4 aromatic carbocycles. The number of hydrogen-bond acceptors (Lipinski definition) is 2. The summed E-state index contributed by atoms with van der Waals surface area (Å²) in [5.41, 5.74) is 14.3. The first-order valence-electron chi connectivity index (χ1n) is 18.0. The van der Waals surface area contributed by atoms with Crippen LogP contribution in [0.2, 0.25) is 0 Å². The van der Waals surface area contributed by atoms with Crippen LogP contribution in [-0.4, -0.2) is 19.1 Å². The van der Waals surface area contributed by atoms with Gasteiger partial charge in [0.1, 0.15) is 11.3 Å². The van der Waals surface area contributed by atoms with Crippen molar-refractivity contribution in [3.63, 3.8) is 0 Å². The van der Waals surface area contributed by atoms with Gasteiger partial charge in [0.15, 0.2) is 0 Å². The summed E-state index contributed by atoms with van der Waals surface area (Å²) in [6.07, 6.45) is 6.28. The van der Waals surface area contributed by atoms with Crippen molar-refractivity contribution in [2.45, 2.75) is 79.1 Å². The Hall–Kier alpha value is -5.22. The van der Waals surface area contributed by atoms with Gasteiger partial charge in [-0.1, -0.05) is 90.1 Å². The number of pyridine rings is 2. The molecule has 0 N–H and O–H groups in total. The Morgan fingerprint density at radius 3 is 1.28 bits per heavy atom. The van der Waals surface area contributed by atoms with E-state index in [4.69, 9.17) is 9.97 Å². The zero-order valence-corrected chi connectivity index (χ0v) is 30.6. The highest BCUT2D eigenvalue weighted by Gasteiger charge is 2.23. The minimum atomic E-state index is 0.0729. The average molecular weight is 655 g/mol. The third-order valence-corrected chi connectivity index (χ3v) is 11.6. The minimum Gasteiger partial charge on any atom is -0.294 e. The number of nitrogens with zero attached hydrogens (tertiary/aromatic N) is 4. The molecule has 4 heteroatoms. The van der Waals surface area contributed by atoms with E-state index in [-0.39, 0.29) is 10.8 Å². The van der Waals surface area contributed by atoms with Crippen LogP contribution in [0.4, 0.5) is 0 Å². The van der Waals surface area contributed by atoms with E-state index in [2.05, 4.69) is 174 Å². The van der Waals surface area contributed by atoms with Crippen molar-refractivity contribution in [1.29, 1.82) is 0 Å². The van der Waals surface area contributed by atoms with Crippen molar-refractivity contribution in [2.24, 2.45) is 0 Å². The Balaban J connectivity index is 1.21. The molecule has 250 valence electrons. The second kappa shape index (κ2) is 11.7. The first-order chi connectivity index (χ1) is 24.0. The summed E-state index contributed by atoms with van der Waals surface area (Å²) in [5, 5.41) is 4.89. The summed E-state index contributed by atoms with van der Waals surface area (Å²) in [7, 11) is 0. The van der Waals surface area contributed by atoms with Crippen molar-refractivity contribution in [2.75, 3.05) is 0 Å². The first kappa shape index (κ1) is 32.0. The van der Waals surface area contributed by atoms with Crippen LogP contribution in [0.15, 0.2) is 109 Å². The smallest absolute Gasteiger partial charge is 0.145 e. The van der Waals surface area contributed by atoms with Gasteiger partial charge in [-0.3, -0.25) is 9.13 Å². The summed E-state index contributed by atoms with van der Waals surface area (Å²) in [4.78, 5) is 10.2. The number of aromatic nitrogens is 4. The molecule has 4 nitrogen and oxygen atoms in total. The van der Waals surface area contributed by atoms with E-state index >= 15 is 0 Å². The van der Waals surface area contributed by atoms with Gasteiger partial charge in [0, 0.05) is 45.3 Å². The number of benzene rings is 4. The van der Waals surface area contributed by atoms with Crippen LogP contribution in [0, 0.1) is 13.8 Å². The number of fused-ring (bicyclic) bond motifs is 6. The van der Waals surface area contributed by atoms with Gasteiger partial charge in [-0.05, 0) is 119 Å². The molecule has 50 heavy (non-hydrogen) atoms. The quantitative estimate of drug-likeness (QED) is 0.171. The average Bonchev–Trinajstić information content (AvgIpc) is 3.64. The number of para-hydroxylation sites is 2. The van der Waals surface area contributed by atoms with Crippen LogP contribution >= 0.6 is 0 Å². The topological polar surface area (TPSA) is 35.6 Å². The van der Waals surface area contributed by atoms with Gasteiger partial charge < -0.3 is 0 Å². The fourth-order valence-corrected chi connectivity index (χ4v) is 7.54. The molecule has 0 fully saturated rings. The lowest BCUT2D eigenvalue weighted by molar-refractivity contribution is 0.505. The molecular weight excluding hydrogens is 609 g/mol. The number of rotatable bonds is 7. The van der Waals surface area contributed by atoms with Crippen molar-refractivity contribution < 1.29 is 0 Å². The maximum absolute atomic E-state index is 5.09. The standard InChI is InChI=1S/C46H46N4/c1-9-45(5,6)31-25-39-37-15-11-13-17-41(37)49(43(39)47-27-31)33-19-21-35(29(3)23-33)36-22-20-34(24-30(36)4)50-42-18-14-12-16-38(42)40-26-32(28-48-44(40)50)46(7,8)10-2/h11-28H,9-10H2,1-8H3. The highest BCUT2D eigenvalue weighted by molar-refractivity contribution is 6.09. The zero-order valence-electron chi connectivity index (χ0n) is 30.6. The first-order valence-corrected chi connectivity index (χ1v) is 18.0. The van der Waals surface area contributed by atoms with Crippen LogP contribution in [0.5, 0.6) is 0 Å². The summed E-state index contributed by atoms with van der Waals surface area (Å²) in [6.45, 7) is 18.1. The summed E-state index contributed by atoms with van der Waals surface area (Å²) in [5.74, 6) is 0. The van der Waals surface area contributed by atoms with Crippen molar-refractivity contribution >= 4 is 43.9 Å². The summed E-state index contributed by atoms with van der Waals surface area (Å²) < 4.78 is 4.64. The third-order valence-electron chi connectivity index (χ3n) is 11.6. The van der Waals surface area contributed by atoms with Gasteiger partial charge in [-0.2, -0.15) is 0 Å². The molecule has 0 saturated carbocycles. The lowest BCUT2D eigenvalue weighted by atomic mass is 9.83. The predicted molar refractivity (Wildman–Crippen MR) is 212 cm³/mol. The second-order valence-electron chi connectivity index (χ2n) is 15.4. The van der Waals surface area contributed by atoms with Gasteiger partial charge >= 0.3 is 0 Å².